The maximum Gasteiger partial charge on any atom is 0.315 e. The van der Waals surface area contributed by atoms with E-state index in [4.69, 9.17) is 37.4 Å². The molecule has 1 aromatic rings. The number of fused-ring (bicyclic) bond motifs is 1. The molecule has 0 spiro atoms. The molecule has 8 heteroatoms. The van der Waals surface area contributed by atoms with Crippen molar-refractivity contribution in [1.82, 2.24) is 0 Å². The maximum atomic E-state index is 11.9. The number of ether oxygens (including phenoxy) is 3. The number of alkyl halides is 2. The van der Waals surface area contributed by atoms with Crippen LogP contribution < -0.4 is 14.8 Å². The van der Waals surface area contributed by atoms with E-state index in [-0.39, 0.29) is 0 Å². The largest absolute Gasteiger partial charge is 0.486 e. The van der Waals surface area contributed by atoms with E-state index in [9.17, 15) is 9.59 Å². The first-order valence-corrected chi connectivity index (χ1v) is 7.82. The fourth-order valence-corrected chi connectivity index (χ4v) is 2.92. The Morgan fingerprint density at radius 1 is 1.26 bits per heavy atom. The van der Waals surface area contributed by atoms with Crippen molar-refractivity contribution in [1.29, 1.82) is 0 Å². The van der Waals surface area contributed by atoms with Gasteiger partial charge in [0.2, 0.25) is 0 Å². The van der Waals surface area contributed by atoms with Crippen LogP contribution in [0.25, 0.3) is 0 Å². The quantitative estimate of drug-likeness (QED) is 0.660. The number of benzene rings is 1. The molecule has 2 aliphatic rings. The molecule has 1 aliphatic carbocycles. The van der Waals surface area contributed by atoms with E-state index in [1.165, 1.54) is 0 Å². The number of hydrogen-bond acceptors (Lipinski definition) is 5. The van der Waals surface area contributed by atoms with Crippen LogP contribution in [0.5, 0.6) is 11.5 Å². The van der Waals surface area contributed by atoms with Crippen molar-refractivity contribution < 1.29 is 23.8 Å². The summed E-state index contributed by atoms with van der Waals surface area (Å²) >= 11 is 11.8. The summed E-state index contributed by atoms with van der Waals surface area (Å²) in [4.78, 5) is 23.8. The van der Waals surface area contributed by atoms with Crippen LogP contribution in [0.1, 0.15) is 13.3 Å². The molecule has 1 amide bonds. The SMILES string of the molecule is C[C@]1(C(=O)OCC(=O)Nc2ccc3c(c2)OCCO3)CC1(Cl)Cl. The van der Waals surface area contributed by atoms with E-state index in [2.05, 4.69) is 5.32 Å². The van der Waals surface area contributed by atoms with Gasteiger partial charge < -0.3 is 19.5 Å². The lowest BCUT2D eigenvalue weighted by atomic mass is 10.1. The molecule has 1 saturated carbocycles. The fraction of sp³-hybridized carbons (Fsp3) is 0.467. The molecule has 1 aliphatic heterocycles. The first-order chi connectivity index (χ1) is 10.8. The van der Waals surface area contributed by atoms with Crippen LogP contribution in [0.4, 0.5) is 5.69 Å². The van der Waals surface area contributed by atoms with Crippen molar-refractivity contribution in [2.75, 3.05) is 25.1 Å². The van der Waals surface area contributed by atoms with Gasteiger partial charge in [0, 0.05) is 18.2 Å². The Bertz CT molecular complexity index is 663. The summed E-state index contributed by atoms with van der Waals surface area (Å²) in [6, 6.07) is 5.04. The van der Waals surface area contributed by atoms with Gasteiger partial charge in [0.1, 0.15) is 23.0 Å². The van der Waals surface area contributed by atoms with E-state index in [1.807, 2.05) is 0 Å². The van der Waals surface area contributed by atoms with Gasteiger partial charge in [-0.15, -0.1) is 23.2 Å². The third-order valence-corrected chi connectivity index (χ3v) is 4.97. The normalized spacial score (nSPS) is 23.8. The molecule has 1 atom stereocenters. The number of hydrogen-bond donors (Lipinski definition) is 1. The summed E-state index contributed by atoms with van der Waals surface area (Å²) in [6.07, 6.45) is 0.311. The van der Waals surface area contributed by atoms with Crippen molar-refractivity contribution in [2.45, 2.75) is 17.7 Å². The van der Waals surface area contributed by atoms with E-state index >= 15 is 0 Å². The Morgan fingerprint density at radius 2 is 1.91 bits per heavy atom. The first kappa shape index (κ1) is 16.2. The van der Waals surface area contributed by atoms with Crippen molar-refractivity contribution in [3.8, 4) is 11.5 Å². The standard InChI is InChI=1S/C15H15Cl2NO5/c1-14(8-15(14,16)17)13(20)23-7-12(19)18-9-2-3-10-11(6-9)22-5-4-21-10/h2-3,6H,4-5,7-8H2,1H3,(H,18,19)/t14-/m1/s1. The number of halogens is 2. The van der Waals surface area contributed by atoms with Crippen molar-refractivity contribution in [2.24, 2.45) is 5.41 Å². The van der Waals surface area contributed by atoms with Crippen LogP contribution in [0.15, 0.2) is 18.2 Å². The Hall–Kier alpha value is -1.66. The van der Waals surface area contributed by atoms with E-state index in [1.54, 1.807) is 25.1 Å². The molecule has 1 N–H and O–H groups in total. The van der Waals surface area contributed by atoms with Gasteiger partial charge in [0.15, 0.2) is 18.1 Å². The second-order valence-electron chi connectivity index (χ2n) is 5.70. The van der Waals surface area contributed by atoms with Crippen LogP contribution in [0, 0.1) is 5.41 Å². The second kappa shape index (κ2) is 5.76. The number of amides is 1. The highest BCUT2D eigenvalue weighted by Crippen LogP contribution is 2.64. The third-order valence-electron chi connectivity index (χ3n) is 3.87. The Balaban J connectivity index is 1.53. The van der Waals surface area contributed by atoms with Gasteiger partial charge >= 0.3 is 5.97 Å². The number of anilines is 1. The molecule has 3 rings (SSSR count). The molecular weight excluding hydrogens is 345 g/mol. The van der Waals surface area contributed by atoms with E-state index in [0.717, 1.165) is 0 Å². The van der Waals surface area contributed by atoms with Crippen molar-refractivity contribution >= 4 is 40.8 Å². The van der Waals surface area contributed by atoms with Crippen molar-refractivity contribution in [3.05, 3.63) is 18.2 Å². The summed E-state index contributed by atoms with van der Waals surface area (Å²) in [5, 5.41) is 2.62. The number of esters is 1. The van der Waals surface area contributed by atoms with Crippen LogP contribution in [0.2, 0.25) is 0 Å². The zero-order valence-electron chi connectivity index (χ0n) is 12.4. The van der Waals surface area contributed by atoms with Crippen LogP contribution in [-0.4, -0.2) is 36.0 Å². The molecular formula is C15H15Cl2NO5. The predicted octanol–water partition coefficient (Wildman–Crippen LogP) is 2.52. The Morgan fingerprint density at radius 3 is 2.57 bits per heavy atom. The molecule has 0 bridgehead atoms. The summed E-state index contributed by atoms with van der Waals surface area (Å²) in [5.74, 6) is 0.141. The van der Waals surface area contributed by atoms with Gasteiger partial charge in [-0.05, 0) is 19.1 Å². The summed E-state index contributed by atoms with van der Waals surface area (Å²) in [7, 11) is 0. The van der Waals surface area contributed by atoms with Gasteiger partial charge in [-0.25, -0.2) is 0 Å². The number of nitrogens with one attached hydrogen (secondary N) is 1. The predicted molar refractivity (Wildman–Crippen MR) is 84.2 cm³/mol. The molecule has 1 aromatic carbocycles. The fourth-order valence-electron chi connectivity index (χ4n) is 2.23. The molecule has 0 saturated heterocycles. The minimum atomic E-state index is -1.11. The monoisotopic (exact) mass is 359 g/mol. The zero-order chi connectivity index (χ0) is 16.7. The molecule has 1 fully saturated rings. The van der Waals surface area contributed by atoms with Gasteiger partial charge in [0.25, 0.3) is 5.91 Å². The molecule has 0 aromatic heterocycles. The van der Waals surface area contributed by atoms with Crippen LogP contribution in [-0.2, 0) is 14.3 Å². The van der Waals surface area contributed by atoms with Crippen LogP contribution >= 0.6 is 23.2 Å². The zero-order valence-corrected chi connectivity index (χ0v) is 13.9. The third kappa shape index (κ3) is 3.19. The number of carbonyl (C=O) groups is 2. The molecule has 23 heavy (non-hydrogen) atoms. The van der Waals surface area contributed by atoms with E-state index < -0.39 is 28.2 Å². The van der Waals surface area contributed by atoms with Gasteiger partial charge in [-0.1, -0.05) is 0 Å². The van der Waals surface area contributed by atoms with Gasteiger partial charge in [-0.2, -0.15) is 0 Å². The average Bonchev–Trinajstić information content (AvgIpc) is 3.04. The van der Waals surface area contributed by atoms with Gasteiger partial charge in [-0.3, -0.25) is 9.59 Å². The highest BCUT2D eigenvalue weighted by atomic mass is 35.5. The molecule has 0 unspecified atom stereocenters. The molecule has 6 nitrogen and oxygen atoms in total. The molecule has 1 heterocycles. The lowest BCUT2D eigenvalue weighted by molar-refractivity contribution is -0.152. The molecule has 124 valence electrons. The minimum absolute atomic E-state index is 0.311. The Labute approximate surface area is 143 Å². The first-order valence-electron chi connectivity index (χ1n) is 7.06. The molecule has 0 radical (unpaired) electrons. The lowest BCUT2D eigenvalue weighted by Gasteiger charge is -2.19. The smallest absolute Gasteiger partial charge is 0.315 e. The summed E-state index contributed by atoms with van der Waals surface area (Å²) in [6.45, 7) is 2.15. The minimum Gasteiger partial charge on any atom is -0.486 e. The van der Waals surface area contributed by atoms with E-state index in [0.29, 0.717) is 36.8 Å². The lowest BCUT2D eigenvalue weighted by Crippen LogP contribution is -2.26. The summed E-state index contributed by atoms with van der Waals surface area (Å²) in [5.41, 5.74) is -0.426. The summed E-state index contributed by atoms with van der Waals surface area (Å²) < 4.78 is 14.7. The van der Waals surface area contributed by atoms with Crippen LogP contribution in [0.3, 0.4) is 0 Å². The Kier molecular flexibility index (Phi) is 4.06. The highest BCUT2D eigenvalue weighted by Gasteiger charge is 2.69. The second-order valence-corrected chi connectivity index (χ2v) is 7.18. The topological polar surface area (TPSA) is 73.9 Å². The highest BCUT2D eigenvalue weighted by molar-refractivity contribution is 6.53. The average molecular weight is 360 g/mol. The maximum absolute atomic E-state index is 11.9. The van der Waals surface area contributed by atoms with Crippen molar-refractivity contribution in [3.63, 3.8) is 0 Å². The number of rotatable bonds is 4. The van der Waals surface area contributed by atoms with Gasteiger partial charge in [0.05, 0.1) is 0 Å². The number of carbonyl (C=O) groups excluding carboxylic acids is 2.